The number of carbonyl (C=O) groups excluding carboxylic acids is 1. The Balaban J connectivity index is 0.000000320. The van der Waals surface area contributed by atoms with Crippen molar-refractivity contribution in [3.05, 3.63) is 17.7 Å². The lowest BCUT2D eigenvalue weighted by atomic mass is 9.88. The minimum atomic E-state index is -2.54. The number of benzene rings is 1. The van der Waals surface area contributed by atoms with Crippen LogP contribution >= 0.6 is 9.24 Å². The van der Waals surface area contributed by atoms with Gasteiger partial charge in [-0.1, -0.05) is 60.8 Å². The fraction of sp³-hybridized carbons (Fsp3) is 0.704. The van der Waals surface area contributed by atoms with Crippen LogP contribution in [-0.2, 0) is 4.79 Å². The van der Waals surface area contributed by atoms with Gasteiger partial charge in [0.2, 0.25) is 0 Å². The van der Waals surface area contributed by atoms with Crippen LogP contribution in [0.4, 0.5) is 20.2 Å². The van der Waals surface area contributed by atoms with Crippen LogP contribution in [-0.4, -0.2) is 30.5 Å². The Hall–Kier alpha value is -1.35. The first-order valence-corrected chi connectivity index (χ1v) is 12.8. The summed E-state index contributed by atoms with van der Waals surface area (Å²) in [5.74, 6) is -1.11. The number of nitrogens with zero attached hydrogens (tertiary/aromatic N) is 2. The number of anilines is 1. The van der Waals surface area contributed by atoms with Gasteiger partial charge in [-0.05, 0) is 54.6 Å². The van der Waals surface area contributed by atoms with E-state index in [1.807, 2.05) is 32.9 Å². The first-order chi connectivity index (χ1) is 15.2. The molecule has 0 aromatic heterocycles. The van der Waals surface area contributed by atoms with Crippen molar-refractivity contribution >= 4 is 37.4 Å². The number of alkyl halides is 2. The summed E-state index contributed by atoms with van der Waals surface area (Å²) < 4.78 is 25.9. The van der Waals surface area contributed by atoms with Crippen molar-refractivity contribution in [2.75, 3.05) is 18.0 Å². The highest BCUT2D eigenvalue weighted by molar-refractivity contribution is 7.28. The zero-order chi connectivity index (χ0) is 25.4. The zero-order valence-electron chi connectivity index (χ0n) is 22.0. The SMILES string of the molecule is CC1CCC1.CCC(=O)CC(C)(C)C.CCC(C)=Nc1ccc(N2CC(F)(F)C2)c(P)c1C. The average Bonchev–Trinajstić information content (AvgIpc) is 2.67. The van der Waals surface area contributed by atoms with E-state index in [2.05, 4.69) is 48.9 Å². The van der Waals surface area contributed by atoms with E-state index < -0.39 is 5.92 Å². The van der Waals surface area contributed by atoms with E-state index in [0.29, 0.717) is 18.6 Å². The second-order valence-corrected chi connectivity index (χ2v) is 11.3. The molecular formula is C27H45F2N2OP. The topological polar surface area (TPSA) is 32.7 Å². The van der Waals surface area contributed by atoms with Crippen LogP contribution in [0.3, 0.4) is 0 Å². The van der Waals surface area contributed by atoms with E-state index in [4.69, 9.17) is 0 Å². The molecule has 1 saturated heterocycles. The molecule has 1 aliphatic carbocycles. The molecule has 0 spiro atoms. The number of aliphatic imine (C=N–C) groups is 1. The Morgan fingerprint density at radius 2 is 1.73 bits per heavy atom. The van der Waals surface area contributed by atoms with Gasteiger partial charge in [0.05, 0.1) is 18.8 Å². The Kier molecular flexibility index (Phi) is 11.6. The van der Waals surface area contributed by atoms with Gasteiger partial charge < -0.3 is 4.90 Å². The fourth-order valence-corrected chi connectivity index (χ4v) is 3.82. The highest BCUT2D eigenvalue weighted by Crippen LogP contribution is 2.34. The van der Waals surface area contributed by atoms with E-state index in [0.717, 1.165) is 40.3 Å². The third kappa shape index (κ3) is 10.6. The number of ketones is 1. The van der Waals surface area contributed by atoms with Crippen LogP contribution < -0.4 is 10.2 Å². The predicted molar refractivity (Wildman–Crippen MR) is 143 cm³/mol. The normalized spacial score (nSPS) is 17.7. The molecule has 33 heavy (non-hydrogen) atoms. The monoisotopic (exact) mass is 482 g/mol. The summed E-state index contributed by atoms with van der Waals surface area (Å²) in [6, 6.07) is 3.79. The van der Waals surface area contributed by atoms with E-state index in [1.54, 1.807) is 4.90 Å². The second-order valence-electron chi connectivity index (χ2n) is 10.7. The molecule has 2 aliphatic rings. The molecule has 1 atom stereocenters. The highest BCUT2D eigenvalue weighted by atomic mass is 31.0. The Labute approximate surface area is 203 Å². The zero-order valence-corrected chi connectivity index (χ0v) is 23.2. The maximum atomic E-state index is 12.9. The van der Waals surface area contributed by atoms with E-state index in [-0.39, 0.29) is 18.5 Å². The molecule has 3 rings (SSSR count). The Morgan fingerprint density at radius 3 is 2.06 bits per heavy atom. The molecule has 1 unspecified atom stereocenters. The molecule has 1 saturated carbocycles. The van der Waals surface area contributed by atoms with Crippen LogP contribution in [0.1, 0.15) is 92.6 Å². The number of carbonyl (C=O) groups is 1. The van der Waals surface area contributed by atoms with Gasteiger partial charge in [-0.3, -0.25) is 9.79 Å². The number of hydrogen-bond acceptors (Lipinski definition) is 3. The van der Waals surface area contributed by atoms with Crippen molar-refractivity contribution in [3.63, 3.8) is 0 Å². The van der Waals surface area contributed by atoms with Crippen LogP contribution in [0.2, 0.25) is 0 Å². The van der Waals surface area contributed by atoms with Crippen molar-refractivity contribution in [2.24, 2.45) is 16.3 Å². The van der Waals surface area contributed by atoms with Gasteiger partial charge >= 0.3 is 0 Å². The molecule has 0 radical (unpaired) electrons. The summed E-state index contributed by atoms with van der Waals surface area (Å²) in [6.45, 7) is 16.1. The van der Waals surface area contributed by atoms with Crippen LogP contribution in [0.5, 0.6) is 0 Å². The molecule has 1 aromatic rings. The summed E-state index contributed by atoms with van der Waals surface area (Å²) in [5.41, 5.74) is 4.05. The van der Waals surface area contributed by atoms with Crippen molar-refractivity contribution in [1.29, 1.82) is 0 Å². The van der Waals surface area contributed by atoms with Crippen molar-refractivity contribution in [2.45, 2.75) is 99.8 Å². The van der Waals surface area contributed by atoms with Gasteiger partial charge in [0.15, 0.2) is 0 Å². The van der Waals surface area contributed by atoms with Crippen molar-refractivity contribution in [3.8, 4) is 0 Å². The molecule has 1 aromatic carbocycles. The first-order valence-electron chi connectivity index (χ1n) is 12.3. The number of halogens is 2. The maximum absolute atomic E-state index is 12.9. The average molecular weight is 483 g/mol. The van der Waals surface area contributed by atoms with E-state index in [1.165, 1.54) is 19.3 Å². The van der Waals surface area contributed by atoms with Gasteiger partial charge in [0.1, 0.15) is 5.78 Å². The van der Waals surface area contributed by atoms with E-state index >= 15 is 0 Å². The van der Waals surface area contributed by atoms with Crippen LogP contribution in [0.25, 0.3) is 0 Å². The summed E-state index contributed by atoms with van der Waals surface area (Å²) >= 11 is 0. The van der Waals surface area contributed by atoms with Crippen molar-refractivity contribution < 1.29 is 13.6 Å². The molecule has 188 valence electrons. The first kappa shape index (κ1) is 29.7. The van der Waals surface area contributed by atoms with Crippen molar-refractivity contribution in [1.82, 2.24) is 0 Å². The number of rotatable bonds is 5. The third-order valence-electron chi connectivity index (χ3n) is 5.99. The molecule has 0 bridgehead atoms. The minimum absolute atomic E-state index is 0.174. The quantitative estimate of drug-likeness (QED) is 0.319. The second kappa shape index (κ2) is 12.9. The number of hydrogen-bond donors (Lipinski definition) is 0. The van der Waals surface area contributed by atoms with Gasteiger partial charge in [0, 0.05) is 24.2 Å². The summed E-state index contributed by atoms with van der Waals surface area (Å²) in [5, 5.41) is 0.959. The summed E-state index contributed by atoms with van der Waals surface area (Å²) in [6.07, 6.45) is 6.76. The number of Topliss-reactive ketones (excluding diaryl/α,β-unsaturated/α-hetero) is 1. The maximum Gasteiger partial charge on any atom is 0.282 e. The largest absolute Gasteiger partial charge is 0.359 e. The molecule has 1 heterocycles. The van der Waals surface area contributed by atoms with Gasteiger partial charge in [-0.2, -0.15) is 0 Å². The smallest absolute Gasteiger partial charge is 0.282 e. The van der Waals surface area contributed by atoms with Gasteiger partial charge in [0.25, 0.3) is 5.92 Å². The molecule has 6 heteroatoms. The molecular weight excluding hydrogens is 437 g/mol. The predicted octanol–water partition coefficient (Wildman–Crippen LogP) is 7.66. The minimum Gasteiger partial charge on any atom is -0.359 e. The van der Waals surface area contributed by atoms with Gasteiger partial charge in [-0.15, -0.1) is 9.24 Å². The molecule has 1 aliphatic heterocycles. The Bertz CT molecular complexity index is 803. The lowest BCUT2D eigenvalue weighted by Gasteiger charge is -2.41. The lowest BCUT2D eigenvalue weighted by molar-refractivity contribution is -0.120. The van der Waals surface area contributed by atoms with Crippen LogP contribution in [0, 0.1) is 18.3 Å². The molecule has 2 fully saturated rings. The lowest BCUT2D eigenvalue weighted by Crippen LogP contribution is -2.57. The van der Waals surface area contributed by atoms with Gasteiger partial charge in [-0.25, -0.2) is 8.78 Å². The summed E-state index contributed by atoms with van der Waals surface area (Å²) in [7, 11) is 2.65. The van der Waals surface area contributed by atoms with Crippen LogP contribution in [0.15, 0.2) is 17.1 Å². The molecule has 3 nitrogen and oxygen atoms in total. The molecule has 0 amide bonds. The van der Waals surface area contributed by atoms with E-state index in [9.17, 15) is 13.6 Å². The fourth-order valence-electron chi connectivity index (χ4n) is 3.40. The molecule has 0 N–H and O–H groups in total. The third-order valence-corrected chi connectivity index (χ3v) is 6.72. The standard InChI is InChI=1S/C14H19F2N2P.C8H16O.C5H10/c1-4-9(2)17-11-5-6-12(13(19)10(11)3)18-7-14(15,16)8-18;1-5-7(9)6-8(2,3)4;1-5-3-2-4-5/h5-6H,4,7-8,19H2,1-3H3;5-6H2,1-4H3;5H,2-4H2,1H3. The Morgan fingerprint density at radius 1 is 1.18 bits per heavy atom. The summed E-state index contributed by atoms with van der Waals surface area (Å²) in [4.78, 5) is 17.1. The highest BCUT2D eigenvalue weighted by Gasteiger charge is 2.44.